The highest BCUT2D eigenvalue weighted by atomic mass is 16.2. The van der Waals surface area contributed by atoms with Crippen LogP contribution >= 0.6 is 0 Å². The molecular formula is C19H23N3O. The van der Waals surface area contributed by atoms with Gasteiger partial charge in [0.15, 0.2) is 0 Å². The predicted octanol–water partition coefficient (Wildman–Crippen LogP) is 3.89. The van der Waals surface area contributed by atoms with Crippen molar-refractivity contribution < 1.29 is 4.79 Å². The van der Waals surface area contributed by atoms with Crippen molar-refractivity contribution in [3.63, 3.8) is 0 Å². The molecule has 4 nitrogen and oxygen atoms in total. The fourth-order valence-corrected chi connectivity index (χ4v) is 2.92. The van der Waals surface area contributed by atoms with Gasteiger partial charge in [-0.3, -0.25) is 4.79 Å². The number of carbonyl (C=O) groups is 1. The van der Waals surface area contributed by atoms with Crippen molar-refractivity contribution in [1.82, 2.24) is 4.98 Å². The summed E-state index contributed by atoms with van der Waals surface area (Å²) in [5, 5.41) is 3.34. The molecule has 0 aliphatic carbocycles. The van der Waals surface area contributed by atoms with Crippen LogP contribution in [0.1, 0.15) is 42.2 Å². The molecule has 3 rings (SSSR count). The molecule has 1 N–H and O–H groups in total. The summed E-state index contributed by atoms with van der Waals surface area (Å²) in [4.78, 5) is 18.8. The Hall–Kier alpha value is -2.36. The minimum atomic E-state index is -0.0208. The van der Waals surface area contributed by atoms with Crippen LogP contribution in [0, 0.1) is 0 Å². The highest BCUT2D eigenvalue weighted by Crippen LogP contribution is 2.28. The second-order valence-corrected chi connectivity index (χ2v) is 5.90. The monoisotopic (exact) mass is 309 g/mol. The van der Waals surface area contributed by atoms with Gasteiger partial charge in [-0.2, -0.15) is 0 Å². The first kappa shape index (κ1) is 15.5. The summed E-state index contributed by atoms with van der Waals surface area (Å²) in [6.07, 6.45) is 6.26. The molecular weight excluding hydrogens is 286 g/mol. The highest BCUT2D eigenvalue weighted by Gasteiger charge is 2.25. The van der Waals surface area contributed by atoms with Crippen molar-refractivity contribution >= 4 is 17.3 Å². The zero-order valence-corrected chi connectivity index (χ0v) is 13.6. The van der Waals surface area contributed by atoms with Gasteiger partial charge in [-0.1, -0.05) is 38.0 Å². The molecule has 1 aromatic heterocycles. The molecule has 0 spiro atoms. The number of unbranched alkanes of at least 4 members (excludes halogenated alkanes) is 2. The minimum absolute atomic E-state index is 0.0208. The van der Waals surface area contributed by atoms with Crippen LogP contribution < -0.4 is 10.2 Å². The minimum Gasteiger partial charge on any atom is -0.384 e. The summed E-state index contributed by atoms with van der Waals surface area (Å²) < 4.78 is 0. The van der Waals surface area contributed by atoms with Crippen LogP contribution in [-0.4, -0.2) is 24.0 Å². The molecule has 0 saturated carbocycles. The third kappa shape index (κ3) is 3.52. The first-order chi connectivity index (χ1) is 11.3. The molecule has 120 valence electrons. The number of carbonyl (C=O) groups excluding carboxylic acids is 1. The number of amides is 1. The van der Waals surface area contributed by atoms with Crippen molar-refractivity contribution in [3.05, 3.63) is 53.9 Å². The van der Waals surface area contributed by atoms with Gasteiger partial charge in [0, 0.05) is 18.8 Å². The maximum atomic E-state index is 12.7. The van der Waals surface area contributed by atoms with Crippen LogP contribution in [0.15, 0.2) is 42.6 Å². The molecule has 0 bridgehead atoms. The Morgan fingerprint density at radius 1 is 1.22 bits per heavy atom. The number of anilines is 2. The van der Waals surface area contributed by atoms with Crippen LogP contribution in [0.4, 0.5) is 11.4 Å². The largest absolute Gasteiger partial charge is 0.384 e. The highest BCUT2D eigenvalue weighted by molar-refractivity contribution is 6.06. The number of hydrogen-bond donors (Lipinski definition) is 1. The average molecular weight is 309 g/mol. The number of para-hydroxylation sites is 1. The number of aromatic nitrogens is 1. The molecule has 1 aromatic carbocycles. The molecule has 0 atom stereocenters. The van der Waals surface area contributed by atoms with E-state index in [0.29, 0.717) is 5.69 Å². The lowest BCUT2D eigenvalue weighted by atomic mass is 10.2. The van der Waals surface area contributed by atoms with E-state index in [4.69, 9.17) is 0 Å². The van der Waals surface area contributed by atoms with E-state index in [9.17, 15) is 4.79 Å². The zero-order chi connectivity index (χ0) is 16.1. The van der Waals surface area contributed by atoms with Gasteiger partial charge >= 0.3 is 0 Å². The number of nitrogens with zero attached hydrogens (tertiary/aromatic N) is 2. The summed E-state index contributed by atoms with van der Waals surface area (Å²) in [7, 11) is 0. The standard InChI is InChI=1S/C19H23N3O/c1-2-3-6-12-20-16-9-10-17(21-14-16)19(23)22-13-11-15-7-4-5-8-18(15)22/h4-5,7-10,14,20H,2-3,6,11-13H2,1H3. The number of hydrogen-bond acceptors (Lipinski definition) is 3. The van der Waals surface area contributed by atoms with Gasteiger partial charge in [0.1, 0.15) is 5.69 Å². The third-order valence-electron chi connectivity index (χ3n) is 4.22. The summed E-state index contributed by atoms with van der Waals surface area (Å²) in [5.41, 5.74) is 3.72. The van der Waals surface area contributed by atoms with Crippen LogP contribution in [0.3, 0.4) is 0 Å². The first-order valence-corrected chi connectivity index (χ1v) is 8.39. The van der Waals surface area contributed by atoms with E-state index in [1.807, 2.05) is 35.2 Å². The van der Waals surface area contributed by atoms with Crippen molar-refractivity contribution in [2.45, 2.75) is 32.6 Å². The number of nitrogens with one attached hydrogen (secondary N) is 1. The Balaban J connectivity index is 1.65. The molecule has 0 fully saturated rings. The third-order valence-corrected chi connectivity index (χ3v) is 4.22. The van der Waals surface area contributed by atoms with Gasteiger partial charge < -0.3 is 10.2 Å². The lowest BCUT2D eigenvalue weighted by Crippen LogP contribution is -2.29. The molecule has 2 heterocycles. The molecule has 4 heteroatoms. The lowest BCUT2D eigenvalue weighted by Gasteiger charge is -2.17. The predicted molar refractivity (Wildman–Crippen MR) is 94.1 cm³/mol. The maximum absolute atomic E-state index is 12.7. The van der Waals surface area contributed by atoms with E-state index in [1.54, 1.807) is 6.20 Å². The van der Waals surface area contributed by atoms with Gasteiger partial charge in [0.2, 0.25) is 0 Å². The van der Waals surface area contributed by atoms with Gasteiger partial charge in [0.25, 0.3) is 5.91 Å². The fraction of sp³-hybridized carbons (Fsp3) is 0.368. The summed E-state index contributed by atoms with van der Waals surface area (Å²) in [6.45, 7) is 3.87. The van der Waals surface area contributed by atoms with Crippen LogP contribution in [0.2, 0.25) is 0 Å². The van der Waals surface area contributed by atoms with Crippen molar-refractivity contribution in [2.24, 2.45) is 0 Å². The Morgan fingerprint density at radius 3 is 2.87 bits per heavy atom. The number of pyridine rings is 1. The second kappa shape index (κ2) is 7.27. The Labute approximate surface area is 137 Å². The lowest BCUT2D eigenvalue weighted by molar-refractivity contribution is 0.0984. The molecule has 0 radical (unpaired) electrons. The Morgan fingerprint density at radius 2 is 2.09 bits per heavy atom. The molecule has 1 amide bonds. The number of fused-ring (bicyclic) bond motifs is 1. The molecule has 1 aliphatic rings. The van der Waals surface area contributed by atoms with E-state index in [-0.39, 0.29) is 5.91 Å². The normalized spacial score (nSPS) is 13.0. The molecule has 23 heavy (non-hydrogen) atoms. The van der Waals surface area contributed by atoms with Crippen LogP contribution in [-0.2, 0) is 6.42 Å². The van der Waals surface area contributed by atoms with Crippen molar-refractivity contribution in [3.8, 4) is 0 Å². The molecule has 0 saturated heterocycles. The van der Waals surface area contributed by atoms with Crippen molar-refractivity contribution in [2.75, 3.05) is 23.3 Å². The van der Waals surface area contributed by atoms with E-state index in [0.717, 1.165) is 37.3 Å². The molecule has 2 aromatic rings. The average Bonchev–Trinajstić information content (AvgIpc) is 3.03. The van der Waals surface area contributed by atoms with Crippen LogP contribution in [0.5, 0.6) is 0 Å². The first-order valence-electron chi connectivity index (χ1n) is 8.39. The smallest absolute Gasteiger partial charge is 0.276 e. The quantitative estimate of drug-likeness (QED) is 0.823. The maximum Gasteiger partial charge on any atom is 0.276 e. The van der Waals surface area contributed by atoms with E-state index in [1.165, 1.54) is 18.4 Å². The SMILES string of the molecule is CCCCCNc1ccc(C(=O)N2CCc3ccccc32)nc1. The van der Waals surface area contributed by atoms with Gasteiger partial charge in [-0.05, 0) is 36.6 Å². The summed E-state index contributed by atoms with van der Waals surface area (Å²) in [5.74, 6) is -0.0208. The van der Waals surface area contributed by atoms with Gasteiger partial charge in [-0.25, -0.2) is 4.98 Å². The topological polar surface area (TPSA) is 45.2 Å². The number of rotatable bonds is 6. The fourth-order valence-electron chi connectivity index (χ4n) is 2.92. The zero-order valence-electron chi connectivity index (χ0n) is 13.6. The molecule has 0 unspecified atom stereocenters. The second-order valence-electron chi connectivity index (χ2n) is 5.90. The molecule has 1 aliphatic heterocycles. The Bertz CT molecular complexity index is 667. The van der Waals surface area contributed by atoms with Crippen LogP contribution in [0.25, 0.3) is 0 Å². The van der Waals surface area contributed by atoms with E-state index >= 15 is 0 Å². The van der Waals surface area contributed by atoms with Gasteiger partial charge in [0.05, 0.1) is 11.9 Å². The summed E-state index contributed by atoms with van der Waals surface area (Å²) >= 11 is 0. The van der Waals surface area contributed by atoms with Gasteiger partial charge in [-0.15, -0.1) is 0 Å². The van der Waals surface area contributed by atoms with E-state index < -0.39 is 0 Å². The Kier molecular flexibility index (Phi) is 4.91. The summed E-state index contributed by atoms with van der Waals surface area (Å²) in [6, 6.07) is 11.8. The number of benzene rings is 1. The van der Waals surface area contributed by atoms with Crippen molar-refractivity contribution in [1.29, 1.82) is 0 Å². The van der Waals surface area contributed by atoms with E-state index in [2.05, 4.69) is 23.3 Å².